The third kappa shape index (κ3) is 4.12. The predicted molar refractivity (Wildman–Crippen MR) is 81.6 cm³/mol. The Morgan fingerprint density at radius 3 is 2.86 bits per heavy atom. The van der Waals surface area contributed by atoms with Crippen LogP contribution in [0.1, 0.15) is 12.7 Å². The molecule has 1 amide bonds. The zero-order valence-corrected chi connectivity index (χ0v) is 13.1. The first-order valence-electron chi connectivity index (χ1n) is 6.32. The number of aromatic amines is 1. The molecule has 0 fully saturated rings. The number of nitrogens with zero attached hydrogens (tertiary/aromatic N) is 2. The minimum absolute atomic E-state index is 0.169. The number of ether oxygens (including phenoxy) is 1. The van der Waals surface area contributed by atoms with Gasteiger partial charge in [-0.3, -0.25) is 4.79 Å². The number of H-pyrrole nitrogens is 1. The molecule has 0 aliphatic heterocycles. The summed E-state index contributed by atoms with van der Waals surface area (Å²) in [5.74, 6) is 0.966. The number of nitrogens with one attached hydrogen (secondary N) is 1. The molecule has 2 rings (SSSR count). The van der Waals surface area contributed by atoms with E-state index in [0.29, 0.717) is 28.2 Å². The van der Waals surface area contributed by atoms with Crippen molar-refractivity contribution in [2.45, 2.75) is 19.6 Å². The smallest absolute Gasteiger partial charge is 0.263 e. The zero-order valence-electron chi connectivity index (χ0n) is 11.6. The topological polar surface area (TPSA) is 58.2 Å². The van der Waals surface area contributed by atoms with E-state index in [1.54, 1.807) is 44.6 Å². The van der Waals surface area contributed by atoms with Crippen molar-refractivity contribution in [1.29, 1.82) is 0 Å². The van der Waals surface area contributed by atoms with Crippen LogP contribution in [0.2, 0.25) is 10.0 Å². The molecule has 1 aromatic carbocycles. The summed E-state index contributed by atoms with van der Waals surface area (Å²) in [5.41, 5.74) is 0. The summed E-state index contributed by atoms with van der Waals surface area (Å²) < 4.78 is 5.59. The maximum atomic E-state index is 12.2. The van der Waals surface area contributed by atoms with Gasteiger partial charge in [0.05, 0.1) is 11.6 Å². The first kappa shape index (κ1) is 15.7. The van der Waals surface area contributed by atoms with Gasteiger partial charge in [-0.1, -0.05) is 23.2 Å². The molecular weight excluding hydrogens is 313 g/mol. The normalized spacial score (nSPS) is 12.0. The fourth-order valence-corrected chi connectivity index (χ4v) is 2.26. The van der Waals surface area contributed by atoms with Crippen molar-refractivity contribution >= 4 is 29.1 Å². The van der Waals surface area contributed by atoms with Crippen LogP contribution in [-0.4, -0.2) is 33.9 Å². The number of rotatable bonds is 5. The molecule has 1 heterocycles. The van der Waals surface area contributed by atoms with Crippen molar-refractivity contribution in [2.75, 3.05) is 7.05 Å². The molecule has 1 atom stereocenters. The first-order chi connectivity index (χ1) is 9.97. The molecule has 21 heavy (non-hydrogen) atoms. The van der Waals surface area contributed by atoms with Crippen molar-refractivity contribution in [3.05, 3.63) is 46.5 Å². The second-order valence-corrected chi connectivity index (χ2v) is 5.41. The molecule has 2 aromatic rings. The summed E-state index contributed by atoms with van der Waals surface area (Å²) in [6.45, 7) is 2.06. The Bertz CT molecular complexity index is 617. The highest BCUT2D eigenvalue weighted by molar-refractivity contribution is 6.35. The lowest BCUT2D eigenvalue weighted by molar-refractivity contribution is -0.137. The lowest BCUT2D eigenvalue weighted by Crippen LogP contribution is -2.37. The Morgan fingerprint density at radius 2 is 2.24 bits per heavy atom. The van der Waals surface area contributed by atoms with Gasteiger partial charge in [-0.2, -0.15) is 0 Å². The van der Waals surface area contributed by atoms with E-state index in [4.69, 9.17) is 27.9 Å². The van der Waals surface area contributed by atoms with E-state index in [9.17, 15) is 4.79 Å². The molecule has 0 aliphatic rings. The van der Waals surface area contributed by atoms with Crippen LogP contribution in [0.4, 0.5) is 0 Å². The summed E-state index contributed by atoms with van der Waals surface area (Å²) in [7, 11) is 1.69. The van der Waals surface area contributed by atoms with Gasteiger partial charge in [-0.15, -0.1) is 0 Å². The van der Waals surface area contributed by atoms with Gasteiger partial charge >= 0.3 is 0 Å². The Kier molecular flexibility index (Phi) is 5.09. The molecule has 1 aromatic heterocycles. The number of hydrogen-bond acceptors (Lipinski definition) is 3. The van der Waals surface area contributed by atoms with Crippen molar-refractivity contribution in [2.24, 2.45) is 0 Å². The van der Waals surface area contributed by atoms with Crippen molar-refractivity contribution in [1.82, 2.24) is 14.9 Å². The third-order valence-corrected chi connectivity index (χ3v) is 3.39. The standard InChI is InChI=1S/C14H15Cl2N3O2/c1-9(21-12-4-3-10(15)7-11(12)16)14(20)19(2)8-13-17-5-6-18-13/h3-7,9H,8H2,1-2H3,(H,17,18). The van der Waals surface area contributed by atoms with Crippen LogP contribution in [0, 0.1) is 0 Å². The van der Waals surface area contributed by atoms with E-state index in [1.165, 1.54) is 4.90 Å². The van der Waals surface area contributed by atoms with Gasteiger partial charge in [0, 0.05) is 24.5 Å². The second-order valence-electron chi connectivity index (χ2n) is 4.56. The lowest BCUT2D eigenvalue weighted by Gasteiger charge is -2.21. The van der Waals surface area contributed by atoms with Crippen LogP contribution >= 0.6 is 23.2 Å². The van der Waals surface area contributed by atoms with Gasteiger partial charge in [0.25, 0.3) is 5.91 Å². The average molecular weight is 328 g/mol. The number of likely N-dealkylation sites (N-methyl/N-ethyl adjacent to an activating group) is 1. The highest BCUT2D eigenvalue weighted by atomic mass is 35.5. The van der Waals surface area contributed by atoms with Gasteiger partial charge in [-0.05, 0) is 25.1 Å². The second kappa shape index (κ2) is 6.83. The molecule has 0 saturated carbocycles. The van der Waals surface area contributed by atoms with Crippen LogP contribution in [0.3, 0.4) is 0 Å². The van der Waals surface area contributed by atoms with Gasteiger partial charge in [0.1, 0.15) is 11.6 Å². The van der Waals surface area contributed by atoms with Gasteiger partial charge in [0.2, 0.25) is 0 Å². The Morgan fingerprint density at radius 1 is 1.48 bits per heavy atom. The summed E-state index contributed by atoms with van der Waals surface area (Å²) in [5, 5.41) is 0.886. The van der Waals surface area contributed by atoms with Crippen LogP contribution < -0.4 is 4.74 Å². The third-order valence-electron chi connectivity index (χ3n) is 2.86. The highest BCUT2D eigenvalue weighted by Crippen LogP contribution is 2.28. The van der Waals surface area contributed by atoms with Crippen LogP contribution in [-0.2, 0) is 11.3 Å². The van der Waals surface area contributed by atoms with Crippen LogP contribution in [0.5, 0.6) is 5.75 Å². The maximum absolute atomic E-state index is 12.2. The van der Waals surface area contributed by atoms with Crippen molar-refractivity contribution in [3.63, 3.8) is 0 Å². The molecular formula is C14H15Cl2N3O2. The van der Waals surface area contributed by atoms with E-state index in [0.717, 1.165) is 0 Å². The van der Waals surface area contributed by atoms with Gasteiger partial charge < -0.3 is 14.6 Å². The average Bonchev–Trinajstić information content (AvgIpc) is 2.93. The Balaban J connectivity index is 1.98. The minimum atomic E-state index is -0.663. The molecule has 0 aliphatic carbocycles. The predicted octanol–water partition coefficient (Wildman–Crippen LogP) is 3.14. The van der Waals surface area contributed by atoms with E-state index in [-0.39, 0.29) is 5.91 Å². The molecule has 1 N–H and O–H groups in total. The van der Waals surface area contributed by atoms with Crippen molar-refractivity contribution in [3.8, 4) is 5.75 Å². The number of carbonyl (C=O) groups is 1. The fourth-order valence-electron chi connectivity index (χ4n) is 1.81. The summed E-state index contributed by atoms with van der Waals surface area (Å²) in [6, 6.07) is 4.87. The number of benzene rings is 1. The monoisotopic (exact) mass is 327 g/mol. The van der Waals surface area contributed by atoms with Crippen LogP contribution in [0.25, 0.3) is 0 Å². The number of imidazole rings is 1. The Labute approximate surface area is 132 Å². The molecule has 112 valence electrons. The van der Waals surface area contributed by atoms with E-state index < -0.39 is 6.10 Å². The molecule has 1 unspecified atom stereocenters. The summed E-state index contributed by atoms with van der Waals surface area (Å²) in [4.78, 5) is 20.8. The molecule has 7 heteroatoms. The number of aromatic nitrogens is 2. The minimum Gasteiger partial charge on any atom is -0.479 e. The van der Waals surface area contributed by atoms with Crippen molar-refractivity contribution < 1.29 is 9.53 Å². The SMILES string of the molecule is CC(Oc1ccc(Cl)cc1Cl)C(=O)N(C)Cc1ncc[nH]1. The fraction of sp³-hybridized carbons (Fsp3) is 0.286. The molecule has 0 bridgehead atoms. The summed E-state index contributed by atoms with van der Waals surface area (Å²) in [6.07, 6.45) is 2.69. The van der Waals surface area contributed by atoms with E-state index in [1.807, 2.05) is 0 Å². The molecule has 0 radical (unpaired) electrons. The number of carbonyl (C=O) groups excluding carboxylic acids is 1. The zero-order chi connectivity index (χ0) is 15.4. The quantitative estimate of drug-likeness (QED) is 0.917. The highest BCUT2D eigenvalue weighted by Gasteiger charge is 2.20. The molecule has 0 saturated heterocycles. The summed E-state index contributed by atoms with van der Waals surface area (Å²) >= 11 is 11.8. The van der Waals surface area contributed by atoms with Gasteiger partial charge in [-0.25, -0.2) is 4.98 Å². The molecule has 0 spiro atoms. The Hall–Kier alpha value is -1.72. The largest absolute Gasteiger partial charge is 0.479 e. The number of halogens is 2. The lowest BCUT2D eigenvalue weighted by atomic mass is 10.3. The van der Waals surface area contributed by atoms with Crippen LogP contribution in [0.15, 0.2) is 30.6 Å². The van der Waals surface area contributed by atoms with Gasteiger partial charge in [0.15, 0.2) is 6.10 Å². The number of hydrogen-bond donors (Lipinski definition) is 1. The maximum Gasteiger partial charge on any atom is 0.263 e. The molecule has 5 nitrogen and oxygen atoms in total. The first-order valence-corrected chi connectivity index (χ1v) is 7.08. The number of amides is 1. The van der Waals surface area contributed by atoms with E-state index >= 15 is 0 Å². The van der Waals surface area contributed by atoms with E-state index in [2.05, 4.69) is 9.97 Å².